The molecule has 5 nitrogen and oxygen atoms in total. The summed E-state index contributed by atoms with van der Waals surface area (Å²) in [7, 11) is 0. The van der Waals surface area contributed by atoms with E-state index in [1.54, 1.807) is 4.90 Å². The zero-order chi connectivity index (χ0) is 14.4. The smallest absolute Gasteiger partial charge is 0.305 e. The summed E-state index contributed by atoms with van der Waals surface area (Å²) in [6, 6.07) is 6.87. The van der Waals surface area contributed by atoms with E-state index in [1.165, 1.54) is 0 Å². The molecule has 1 amide bonds. The Morgan fingerprint density at radius 3 is 2.63 bits per heavy atom. The highest BCUT2D eigenvalue weighted by atomic mass is 16.4. The second-order valence-electron chi connectivity index (χ2n) is 4.55. The van der Waals surface area contributed by atoms with E-state index in [1.807, 2.05) is 38.1 Å². The van der Waals surface area contributed by atoms with Crippen molar-refractivity contribution in [1.29, 1.82) is 0 Å². The quantitative estimate of drug-likeness (QED) is 0.807. The van der Waals surface area contributed by atoms with E-state index in [2.05, 4.69) is 0 Å². The molecule has 5 heteroatoms. The highest BCUT2D eigenvalue weighted by Crippen LogP contribution is 2.09. The van der Waals surface area contributed by atoms with Gasteiger partial charge in [0.2, 0.25) is 5.91 Å². The average molecular weight is 264 g/mol. The number of amides is 1. The van der Waals surface area contributed by atoms with E-state index in [-0.39, 0.29) is 12.3 Å². The molecule has 0 saturated heterocycles. The van der Waals surface area contributed by atoms with Gasteiger partial charge in [-0.1, -0.05) is 29.8 Å². The maximum absolute atomic E-state index is 12.0. The number of benzene rings is 1. The predicted octanol–water partition coefficient (Wildman–Crippen LogP) is 1.15. The van der Waals surface area contributed by atoms with Crippen molar-refractivity contribution in [3.8, 4) is 0 Å². The normalized spacial score (nSPS) is 11.9. The molecule has 0 heterocycles. The first kappa shape index (κ1) is 15.2. The maximum Gasteiger partial charge on any atom is 0.305 e. The molecule has 19 heavy (non-hydrogen) atoms. The SMILES string of the molecule is CCN(Cc1cccc(C)c1)C(=O)C(N)CC(=O)O. The van der Waals surface area contributed by atoms with E-state index in [4.69, 9.17) is 10.8 Å². The highest BCUT2D eigenvalue weighted by Gasteiger charge is 2.22. The Morgan fingerprint density at radius 1 is 1.42 bits per heavy atom. The molecule has 0 aliphatic rings. The van der Waals surface area contributed by atoms with Crippen molar-refractivity contribution in [2.24, 2.45) is 5.73 Å². The van der Waals surface area contributed by atoms with Crippen molar-refractivity contribution in [3.63, 3.8) is 0 Å². The summed E-state index contributed by atoms with van der Waals surface area (Å²) in [6.07, 6.45) is -0.344. The molecule has 1 aromatic rings. The fraction of sp³-hybridized carbons (Fsp3) is 0.429. The first-order valence-electron chi connectivity index (χ1n) is 6.25. The van der Waals surface area contributed by atoms with Gasteiger partial charge in [0.25, 0.3) is 0 Å². The molecule has 0 saturated carbocycles. The van der Waals surface area contributed by atoms with Gasteiger partial charge in [-0.15, -0.1) is 0 Å². The molecule has 0 aromatic heterocycles. The van der Waals surface area contributed by atoms with Crippen molar-refractivity contribution in [2.45, 2.75) is 32.9 Å². The van der Waals surface area contributed by atoms with Gasteiger partial charge in [-0.3, -0.25) is 9.59 Å². The van der Waals surface area contributed by atoms with E-state index in [0.717, 1.165) is 11.1 Å². The van der Waals surface area contributed by atoms with Crippen LogP contribution in [0.4, 0.5) is 0 Å². The number of carbonyl (C=O) groups excluding carboxylic acids is 1. The van der Waals surface area contributed by atoms with Gasteiger partial charge in [0.1, 0.15) is 0 Å². The number of likely N-dealkylation sites (N-methyl/N-ethyl adjacent to an activating group) is 1. The topological polar surface area (TPSA) is 83.6 Å². The maximum atomic E-state index is 12.0. The molecule has 0 aliphatic heterocycles. The minimum atomic E-state index is -1.06. The fourth-order valence-corrected chi connectivity index (χ4v) is 1.89. The van der Waals surface area contributed by atoms with Gasteiger partial charge in [0.05, 0.1) is 12.5 Å². The Labute approximate surface area is 113 Å². The van der Waals surface area contributed by atoms with Crippen molar-refractivity contribution < 1.29 is 14.7 Å². The summed E-state index contributed by atoms with van der Waals surface area (Å²) >= 11 is 0. The number of aliphatic carboxylic acids is 1. The summed E-state index contributed by atoms with van der Waals surface area (Å²) in [5.74, 6) is -1.39. The van der Waals surface area contributed by atoms with Crippen LogP contribution < -0.4 is 5.73 Å². The first-order chi connectivity index (χ1) is 8.93. The van der Waals surface area contributed by atoms with Crippen LogP contribution in [0.25, 0.3) is 0 Å². The van der Waals surface area contributed by atoms with Crippen molar-refractivity contribution in [1.82, 2.24) is 4.90 Å². The van der Waals surface area contributed by atoms with Crippen LogP contribution in [0.3, 0.4) is 0 Å². The Balaban J connectivity index is 2.72. The third-order valence-corrected chi connectivity index (χ3v) is 2.86. The van der Waals surface area contributed by atoms with Gasteiger partial charge in [-0.25, -0.2) is 0 Å². The van der Waals surface area contributed by atoms with Gasteiger partial charge in [-0.05, 0) is 19.4 Å². The van der Waals surface area contributed by atoms with Gasteiger partial charge in [-0.2, -0.15) is 0 Å². The molecule has 0 aliphatic carbocycles. The average Bonchev–Trinajstić information content (AvgIpc) is 2.34. The standard InChI is InChI=1S/C14H20N2O3/c1-3-16(14(19)12(15)8-13(17)18)9-11-6-4-5-10(2)7-11/h4-7,12H,3,8-9,15H2,1-2H3,(H,17,18). The largest absolute Gasteiger partial charge is 0.481 e. The van der Waals surface area contributed by atoms with Gasteiger partial charge >= 0.3 is 5.97 Å². The number of carboxylic acids is 1. The molecule has 3 N–H and O–H groups in total. The summed E-state index contributed by atoms with van der Waals surface area (Å²) < 4.78 is 0. The summed E-state index contributed by atoms with van der Waals surface area (Å²) in [5, 5.41) is 8.66. The Morgan fingerprint density at radius 2 is 2.11 bits per heavy atom. The first-order valence-corrected chi connectivity index (χ1v) is 6.25. The van der Waals surface area contributed by atoms with Gasteiger partial charge in [0.15, 0.2) is 0 Å². The number of nitrogens with zero attached hydrogens (tertiary/aromatic N) is 1. The lowest BCUT2D eigenvalue weighted by Crippen LogP contribution is -2.44. The number of carboxylic acid groups (broad SMARTS) is 1. The minimum Gasteiger partial charge on any atom is -0.481 e. The number of hydrogen-bond acceptors (Lipinski definition) is 3. The van der Waals surface area contributed by atoms with Crippen molar-refractivity contribution in [3.05, 3.63) is 35.4 Å². The Bertz CT molecular complexity index is 460. The summed E-state index contributed by atoms with van der Waals surface area (Å²) in [4.78, 5) is 24.2. The second kappa shape index (κ2) is 6.89. The Kier molecular flexibility index (Phi) is 5.51. The van der Waals surface area contributed by atoms with Gasteiger partial charge in [0, 0.05) is 13.1 Å². The molecule has 104 valence electrons. The van der Waals surface area contributed by atoms with Gasteiger partial charge < -0.3 is 15.7 Å². The third-order valence-electron chi connectivity index (χ3n) is 2.86. The number of aryl methyl sites for hydroxylation is 1. The second-order valence-corrected chi connectivity index (χ2v) is 4.55. The number of nitrogens with two attached hydrogens (primary N) is 1. The third kappa shape index (κ3) is 4.71. The lowest BCUT2D eigenvalue weighted by Gasteiger charge is -2.24. The van der Waals surface area contributed by atoms with Crippen LogP contribution in [0, 0.1) is 6.92 Å². The molecule has 0 bridgehead atoms. The van der Waals surface area contributed by atoms with E-state index in [0.29, 0.717) is 13.1 Å². The van der Waals surface area contributed by atoms with Crippen LogP contribution in [-0.4, -0.2) is 34.5 Å². The lowest BCUT2D eigenvalue weighted by molar-refractivity contribution is -0.142. The van der Waals surface area contributed by atoms with Crippen LogP contribution in [0.1, 0.15) is 24.5 Å². The lowest BCUT2D eigenvalue weighted by atomic mass is 10.1. The molecule has 1 rings (SSSR count). The molecule has 1 aromatic carbocycles. The molecule has 1 atom stereocenters. The van der Waals surface area contributed by atoms with Crippen LogP contribution in [0.5, 0.6) is 0 Å². The van der Waals surface area contributed by atoms with E-state index >= 15 is 0 Å². The number of carbonyl (C=O) groups is 2. The van der Waals surface area contributed by atoms with Crippen LogP contribution >= 0.6 is 0 Å². The predicted molar refractivity (Wildman–Crippen MR) is 72.5 cm³/mol. The number of hydrogen-bond donors (Lipinski definition) is 2. The minimum absolute atomic E-state index is 0.327. The Hall–Kier alpha value is -1.88. The molecular weight excluding hydrogens is 244 g/mol. The molecule has 0 spiro atoms. The van der Waals surface area contributed by atoms with Crippen LogP contribution in [0.2, 0.25) is 0 Å². The zero-order valence-electron chi connectivity index (χ0n) is 11.3. The molecule has 1 unspecified atom stereocenters. The van der Waals surface area contributed by atoms with E-state index in [9.17, 15) is 9.59 Å². The van der Waals surface area contributed by atoms with Crippen LogP contribution in [-0.2, 0) is 16.1 Å². The van der Waals surface area contributed by atoms with Crippen LogP contribution in [0.15, 0.2) is 24.3 Å². The highest BCUT2D eigenvalue weighted by molar-refractivity contribution is 5.85. The van der Waals surface area contributed by atoms with Crippen molar-refractivity contribution >= 4 is 11.9 Å². The summed E-state index contributed by atoms with van der Waals surface area (Å²) in [6.45, 7) is 4.78. The molecule has 0 radical (unpaired) electrons. The molecule has 0 fully saturated rings. The fourth-order valence-electron chi connectivity index (χ4n) is 1.89. The van der Waals surface area contributed by atoms with Crippen molar-refractivity contribution in [2.75, 3.05) is 6.54 Å². The molecular formula is C14H20N2O3. The monoisotopic (exact) mass is 264 g/mol. The summed E-state index contributed by atoms with van der Waals surface area (Å²) in [5.41, 5.74) is 7.74. The number of rotatable bonds is 6. The van der Waals surface area contributed by atoms with E-state index < -0.39 is 12.0 Å². The zero-order valence-corrected chi connectivity index (χ0v) is 11.3.